The molecule has 1 N–H and O–H groups in total. The van der Waals surface area contributed by atoms with Crippen molar-refractivity contribution in [1.82, 2.24) is 14.5 Å². The fourth-order valence-corrected chi connectivity index (χ4v) is 5.38. The Labute approximate surface area is 200 Å². The first kappa shape index (κ1) is 23.8. The van der Waals surface area contributed by atoms with Crippen molar-refractivity contribution in [3.63, 3.8) is 0 Å². The van der Waals surface area contributed by atoms with E-state index in [0.29, 0.717) is 32.0 Å². The van der Waals surface area contributed by atoms with Gasteiger partial charge in [0.15, 0.2) is 0 Å². The second kappa shape index (κ2) is 10.3. The van der Waals surface area contributed by atoms with Crippen LogP contribution in [0, 0.1) is 0 Å². The van der Waals surface area contributed by atoms with Crippen LogP contribution in [0.5, 0.6) is 11.5 Å². The molecule has 0 aromatic heterocycles. The van der Waals surface area contributed by atoms with Crippen molar-refractivity contribution in [2.24, 2.45) is 0 Å². The third kappa shape index (κ3) is 5.26. The molecule has 1 aliphatic rings. The lowest BCUT2D eigenvalue weighted by atomic mass is 10.1. The van der Waals surface area contributed by atoms with Crippen molar-refractivity contribution in [3.8, 4) is 11.5 Å². The van der Waals surface area contributed by atoms with E-state index in [4.69, 9.17) is 9.47 Å². The predicted octanol–water partition coefficient (Wildman–Crippen LogP) is 3.46. The lowest BCUT2D eigenvalue weighted by Crippen LogP contribution is -2.52. The van der Waals surface area contributed by atoms with Gasteiger partial charge in [-0.2, -0.15) is 4.31 Å². The van der Waals surface area contributed by atoms with Gasteiger partial charge in [0.2, 0.25) is 10.0 Å². The highest BCUT2D eigenvalue weighted by Gasteiger charge is 2.30. The summed E-state index contributed by atoms with van der Waals surface area (Å²) in [6, 6.07) is 18.1. The van der Waals surface area contributed by atoms with Gasteiger partial charge in [0, 0.05) is 32.7 Å². The maximum absolute atomic E-state index is 12.9. The molecule has 2 amide bonds. The van der Waals surface area contributed by atoms with Crippen molar-refractivity contribution in [2.75, 3.05) is 39.9 Å². The van der Waals surface area contributed by atoms with Gasteiger partial charge >= 0.3 is 6.03 Å². The highest BCUT2D eigenvalue weighted by Crippen LogP contribution is 2.23. The number of sulfonamides is 1. The maximum atomic E-state index is 12.9. The molecule has 3 aromatic rings. The summed E-state index contributed by atoms with van der Waals surface area (Å²) in [7, 11) is -1.97. The Morgan fingerprint density at radius 1 is 0.912 bits per heavy atom. The second-order valence-corrected chi connectivity index (χ2v) is 9.94. The summed E-state index contributed by atoms with van der Waals surface area (Å²) in [5.41, 5.74) is 0.989. The van der Waals surface area contributed by atoms with E-state index in [1.165, 1.54) is 4.31 Å². The van der Waals surface area contributed by atoms with Crippen LogP contribution < -0.4 is 14.8 Å². The summed E-state index contributed by atoms with van der Waals surface area (Å²) in [6.45, 7) is 3.96. The average molecular weight is 484 g/mol. The Bertz CT molecular complexity index is 1250. The number of nitrogens with zero attached hydrogens (tertiary/aromatic N) is 2. The van der Waals surface area contributed by atoms with Crippen molar-refractivity contribution >= 4 is 26.8 Å². The van der Waals surface area contributed by atoms with E-state index in [9.17, 15) is 13.2 Å². The molecule has 8 nitrogen and oxygen atoms in total. The molecular formula is C25H29N3O5S. The Morgan fingerprint density at radius 2 is 1.56 bits per heavy atom. The highest BCUT2D eigenvalue weighted by molar-refractivity contribution is 7.89. The van der Waals surface area contributed by atoms with Crippen LogP contribution in [-0.4, -0.2) is 63.5 Å². The molecule has 1 heterocycles. The van der Waals surface area contributed by atoms with Gasteiger partial charge in [-0.3, -0.25) is 0 Å². The lowest BCUT2D eigenvalue weighted by Gasteiger charge is -2.34. The summed E-state index contributed by atoms with van der Waals surface area (Å²) in [5, 5.41) is 5.08. The molecule has 4 rings (SSSR count). The Morgan fingerprint density at radius 3 is 2.24 bits per heavy atom. The van der Waals surface area contributed by atoms with E-state index in [1.807, 2.05) is 43.3 Å². The van der Waals surface area contributed by atoms with E-state index in [1.54, 1.807) is 36.3 Å². The number of fused-ring (bicyclic) bond motifs is 1. The number of hydrogen-bond donors (Lipinski definition) is 1. The van der Waals surface area contributed by atoms with Crippen LogP contribution in [0.2, 0.25) is 0 Å². The fourth-order valence-electron chi connectivity index (χ4n) is 3.95. The first-order chi connectivity index (χ1) is 16.4. The quantitative estimate of drug-likeness (QED) is 0.556. The highest BCUT2D eigenvalue weighted by atomic mass is 32.2. The van der Waals surface area contributed by atoms with Crippen LogP contribution >= 0.6 is 0 Å². The molecule has 0 aliphatic carbocycles. The van der Waals surface area contributed by atoms with Gasteiger partial charge < -0.3 is 19.7 Å². The molecule has 0 bridgehead atoms. The zero-order chi connectivity index (χ0) is 24.1. The maximum Gasteiger partial charge on any atom is 0.317 e. The van der Waals surface area contributed by atoms with E-state index in [-0.39, 0.29) is 24.0 Å². The number of carbonyl (C=O) groups excluding carboxylic acids is 1. The molecule has 0 spiro atoms. The number of nitrogens with one attached hydrogen (secondary N) is 1. The molecule has 0 radical (unpaired) electrons. The normalized spacial score (nSPS) is 14.7. The lowest BCUT2D eigenvalue weighted by molar-refractivity contribution is 0.172. The van der Waals surface area contributed by atoms with E-state index >= 15 is 0 Å². The number of amides is 2. The molecule has 1 saturated heterocycles. The minimum absolute atomic E-state index is 0.201. The van der Waals surface area contributed by atoms with Crippen LogP contribution in [0.4, 0.5) is 4.79 Å². The summed E-state index contributed by atoms with van der Waals surface area (Å²) in [5.74, 6) is 1.44. The number of methoxy groups -OCH3 is 1. The van der Waals surface area contributed by atoms with Crippen molar-refractivity contribution in [2.45, 2.75) is 18.4 Å². The van der Waals surface area contributed by atoms with Crippen molar-refractivity contribution < 1.29 is 22.7 Å². The van der Waals surface area contributed by atoms with Crippen LogP contribution in [0.15, 0.2) is 65.6 Å². The van der Waals surface area contributed by atoms with Gasteiger partial charge in [-0.05, 0) is 65.7 Å². The van der Waals surface area contributed by atoms with Gasteiger partial charge in [0.25, 0.3) is 0 Å². The number of piperazine rings is 1. The number of hydrogen-bond acceptors (Lipinski definition) is 5. The molecule has 9 heteroatoms. The number of ether oxygens (including phenoxy) is 2. The summed E-state index contributed by atoms with van der Waals surface area (Å²) in [4.78, 5) is 14.5. The minimum atomic E-state index is -3.61. The molecule has 34 heavy (non-hydrogen) atoms. The first-order valence-corrected chi connectivity index (χ1v) is 12.7. The number of urea groups is 1. The summed E-state index contributed by atoms with van der Waals surface area (Å²) < 4.78 is 38.0. The molecule has 0 unspecified atom stereocenters. The Hall–Kier alpha value is -3.30. The minimum Gasteiger partial charge on any atom is -0.497 e. The van der Waals surface area contributed by atoms with E-state index in [0.717, 1.165) is 22.1 Å². The smallest absolute Gasteiger partial charge is 0.317 e. The standard InChI is InChI=1S/C25H29N3O5S/c1-3-33-22-8-10-24(11-9-22)34(30,31)28-14-12-27(13-15-28)25(29)26-18-19-4-5-21-17-23(32-2)7-6-20(21)16-19/h4-11,16-17H,3,12-15,18H2,1-2H3,(H,26,29). The van der Waals surface area contributed by atoms with Gasteiger partial charge in [0.1, 0.15) is 11.5 Å². The molecule has 0 saturated carbocycles. The van der Waals surface area contributed by atoms with Crippen LogP contribution in [0.3, 0.4) is 0 Å². The molecular weight excluding hydrogens is 454 g/mol. The van der Waals surface area contributed by atoms with Crippen molar-refractivity contribution in [1.29, 1.82) is 0 Å². The zero-order valence-electron chi connectivity index (χ0n) is 19.4. The summed E-state index contributed by atoms with van der Waals surface area (Å²) in [6.07, 6.45) is 0. The number of rotatable bonds is 7. The van der Waals surface area contributed by atoms with Crippen molar-refractivity contribution in [3.05, 3.63) is 66.2 Å². The first-order valence-electron chi connectivity index (χ1n) is 11.2. The van der Waals surface area contributed by atoms with Gasteiger partial charge in [-0.25, -0.2) is 13.2 Å². The predicted molar refractivity (Wildman–Crippen MR) is 131 cm³/mol. The Kier molecular flexibility index (Phi) is 7.23. The van der Waals surface area contributed by atoms with Crippen LogP contribution in [-0.2, 0) is 16.6 Å². The molecule has 3 aromatic carbocycles. The third-order valence-electron chi connectivity index (χ3n) is 5.85. The number of benzene rings is 3. The van der Waals surface area contributed by atoms with Gasteiger partial charge in [-0.15, -0.1) is 0 Å². The Balaban J connectivity index is 1.31. The van der Waals surface area contributed by atoms with E-state index < -0.39 is 10.0 Å². The zero-order valence-corrected chi connectivity index (χ0v) is 20.2. The monoisotopic (exact) mass is 483 g/mol. The van der Waals surface area contributed by atoms with Crippen LogP contribution in [0.25, 0.3) is 10.8 Å². The summed E-state index contributed by atoms with van der Waals surface area (Å²) >= 11 is 0. The number of carbonyl (C=O) groups is 1. The third-order valence-corrected chi connectivity index (χ3v) is 7.77. The molecule has 0 atom stereocenters. The molecule has 1 aliphatic heterocycles. The topological polar surface area (TPSA) is 88.2 Å². The SMILES string of the molecule is CCOc1ccc(S(=O)(=O)N2CCN(C(=O)NCc3ccc4cc(OC)ccc4c3)CC2)cc1. The molecule has 1 fully saturated rings. The van der Waals surface area contributed by atoms with Gasteiger partial charge in [-0.1, -0.05) is 18.2 Å². The average Bonchev–Trinajstić information content (AvgIpc) is 2.87. The molecule has 180 valence electrons. The second-order valence-electron chi connectivity index (χ2n) is 8.00. The van der Waals surface area contributed by atoms with Crippen LogP contribution in [0.1, 0.15) is 12.5 Å². The largest absolute Gasteiger partial charge is 0.497 e. The van der Waals surface area contributed by atoms with Gasteiger partial charge in [0.05, 0.1) is 18.6 Å². The van der Waals surface area contributed by atoms with E-state index in [2.05, 4.69) is 5.32 Å². The fraction of sp³-hybridized carbons (Fsp3) is 0.320.